The summed E-state index contributed by atoms with van der Waals surface area (Å²) in [5.41, 5.74) is 3.33. The van der Waals surface area contributed by atoms with Gasteiger partial charge in [-0.15, -0.1) is 0 Å². The van der Waals surface area contributed by atoms with E-state index in [4.69, 9.17) is 0 Å². The normalized spacial score (nSPS) is 26.9. The zero-order chi connectivity index (χ0) is 12.6. The lowest BCUT2D eigenvalue weighted by Gasteiger charge is -2.52. The molecule has 1 N–H and O–H groups in total. The van der Waals surface area contributed by atoms with Crippen LogP contribution in [-0.2, 0) is 0 Å². The summed E-state index contributed by atoms with van der Waals surface area (Å²) in [6.45, 7) is 9.25. The van der Waals surface area contributed by atoms with Crippen molar-refractivity contribution in [1.29, 1.82) is 0 Å². The Morgan fingerprint density at radius 1 is 1.18 bits per heavy atom. The third-order valence-corrected chi connectivity index (χ3v) is 4.62. The second-order valence-corrected chi connectivity index (χ2v) is 6.27. The van der Waals surface area contributed by atoms with E-state index < -0.39 is 0 Å². The minimum absolute atomic E-state index is 0.383. The van der Waals surface area contributed by atoms with Crippen molar-refractivity contribution in [2.75, 3.05) is 7.05 Å². The van der Waals surface area contributed by atoms with E-state index in [-0.39, 0.29) is 0 Å². The van der Waals surface area contributed by atoms with Crippen LogP contribution in [0.5, 0.6) is 0 Å². The molecule has 2 atom stereocenters. The summed E-state index contributed by atoms with van der Waals surface area (Å²) >= 11 is 0. The van der Waals surface area contributed by atoms with Gasteiger partial charge in [0.1, 0.15) is 0 Å². The largest absolute Gasteiger partial charge is 0.316 e. The molecule has 1 aliphatic carbocycles. The zero-order valence-electron chi connectivity index (χ0n) is 11.7. The third kappa shape index (κ3) is 2.13. The highest BCUT2D eigenvalue weighted by Gasteiger charge is 2.47. The number of nitrogens with one attached hydrogen (secondary N) is 1. The second-order valence-electron chi connectivity index (χ2n) is 6.27. The van der Waals surface area contributed by atoms with E-state index in [1.54, 1.807) is 0 Å². The molecule has 0 saturated heterocycles. The van der Waals surface area contributed by atoms with Crippen LogP contribution in [0.2, 0.25) is 0 Å². The molecule has 1 heteroatoms. The molecule has 0 bridgehead atoms. The van der Waals surface area contributed by atoms with Crippen molar-refractivity contribution in [3.63, 3.8) is 0 Å². The highest BCUT2D eigenvalue weighted by molar-refractivity contribution is 5.31. The van der Waals surface area contributed by atoms with Crippen molar-refractivity contribution in [2.45, 2.75) is 52.0 Å². The Morgan fingerprint density at radius 3 is 2.18 bits per heavy atom. The third-order valence-electron chi connectivity index (χ3n) is 4.62. The Bertz CT molecular complexity index is 375. The van der Waals surface area contributed by atoms with Crippen molar-refractivity contribution in [1.82, 2.24) is 5.32 Å². The molecule has 94 valence electrons. The first kappa shape index (κ1) is 12.6. The molecule has 0 aromatic heterocycles. The first-order valence-corrected chi connectivity index (χ1v) is 6.74. The lowest BCUT2D eigenvalue weighted by molar-refractivity contribution is 0.0751. The maximum Gasteiger partial charge on any atom is 0.0127 e. The summed E-state index contributed by atoms with van der Waals surface area (Å²) in [6, 6.07) is 9.91. The summed E-state index contributed by atoms with van der Waals surface area (Å²) in [6.07, 6.45) is 1.27. The van der Waals surface area contributed by atoms with Gasteiger partial charge in [-0.25, -0.2) is 0 Å². The molecular weight excluding hydrogens is 206 g/mol. The fourth-order valence-corrected chi connectivity index (χ4v) is 3.09. The first-order chi connectivity index (χ1) is 7.96. The number of benzene rings is 1. The van der Waals surface area contributed by atoms with Gasteiger partial charge in [-0.2, -0.15) is 0 Å². The average molecular weight is 231 g/mol. The fraction of sp³-hybridized carbons (Fsp3) is 0.625. The molecule has 1 fully saturated rings. The van der Waals surface area contributed by atoms with Crippen LogP contribution in [0.1, 0.15) is 57.1 Å². The smallest absolute Gasteiger partial charge is 0.0127 e. The van der Waals surface area contributed by atoms with Crippen LogP contribution in [0, 0.1) is 5.41 Å². The van der Waals surface area contributed by atoms with E-state index in [2.05, 4.69) is 64.3 Å². The highest BCUT2D eigenvalue weighted by atomic mass is 14.9. The Balaban J connectivity index is 2.15. The summed E-state index contributed by atoms with van der Waals surface area (Å²) in [7, 11) is 2.07. The van der Waals surface area contributed by atoms with Crippen molar-refractivity contribution in [3.05, 3.63) is 35.4 Å². The Hall–Kier alpha value is -0.820. The molecule has 1 aromatic carbocycles. The first-order valence-electron chi connectivity index (χ1n) is 6.74. The molecule has 0 heterocycles. The molecule has 1 saturated carbocycles. The molecule has 2 unspecified atom stereocenters. The number of hydrogen-bond acceptors (Lipinski definition) is 1. The van der Waals surface area contributed by atoms with E-state index in [9.17, 15) is 0 Å². The molecule has 0 aliphatic heterocycles. The predicted octanol–water partition coefficient (Wildman–Crippen LogP) is 3.91. The molecule has 1 aromatic rings. The lowest BCUT2D eigenvalue weighted by Crippen LogP contribution is -2.54. The van der Waals surface area contributed by atoms with Crippen molar-refractivity contribution in [2.24, 2.45) is 5.41 Å². The van der Waals surface area contributed by atoms with Gasteiger partial charge in [0.15, 0.2) is 0 Å². The van der Waals surface area contributed by atoms with Crippen LogP contribution < -0.4 is 5.32 Å². The summed E-state index contributed by atoms with van der Waals surface area (Å²) in [5, 5.41) is 3.42. The van der Waals surface area contributed by atoms with E-state index in [1.165, 1.54) is 17.5 Å². The molecule has 0 spiro atoms. The quantitative estimate of drug-likeness (QED) is 0.831. The maximum absolute atomic E-state index is 3.42. The molecule has 0 radical (unpaired) electrons. The van der Waals surface area contributed by atoms with Gasteiger partial charge in [0, 0.05) is 6.04 Å². The van der Waals surface area contributed by atoms with Crippen LogP contribution in [0.4, 0.5) is 0 Å². The molecular formula is C16H25N. The van der Waals surface area contributed by atoms with E-state index in [0.29, 0.717) is 23.3 Å². The fourth-order valence-electron chi connectivity index (χ4n) is 3.09. The highest BCUT2D eigenvalue weighted by Crippen LogP contribution is 2.52. The summed E-state index contributed by atoms with van der Waals surface area (Å²) < 4.78 is 0. The standard InChI is InChI=1S/C16H25N/c1-11(2)12-6-8-13(9-7-12)14-10-15(17-5)16(14,3)4/h6-9,11,14-15,17H,10H2,1-5H3. The number of hydrogen-bond donors (Lipinski definition) is 1. The molecule has 17 heavy (non-hydrogen) atoms. The lowest BCUT2D eigenvalue weighted by atomic mass is 9.56. The minimum Gasteiger partial charge on any atom is -0.316 e. The van der Waals surface area contributed by atoms with Gasteiger partial charge in [0.25, 0.3) is 0 Å². The SMILES string of the molecule is CNC1CC(c2ccc(C(C)C)cc2)C1(C)C. The van der Waals surface area contributed by atoms with Gasteiger partial charge in [-0.05, 0) is 41.8 Å². The van der Waals surface area contributed by atoms with Crippen molar-refractivity contribution < 1.29 is 0 Å². The molecule has 0 amide bonds. The molecule has 1 nitrogen and oxygen atoms in total. The topological polar surface area (TPSA) is 12.0 Å². The van der Waals surface area contributed by atoms with E-state index >= 15 is 0 Å². The summed E-state index contributed by atoms with van der Waals surface area (Å²) in [4.78, 5) is 0. The predicted molar refractivity (Wildman–Crippen MR) is 74.5 cm³/mol. The monoisotopic (exact) mass is 231 g/mol. The Morgan fingerprint density at radius 2 is 1.76 bits per heavy atom. The Kier molecular flexibility index (Phi) is 3.31. The van der Waals surface area contributed by atoms with Crippen LogP contribution in [0.25, 0.3) is 0 Å². The van der Waals surface area contributed by atoms with Crippen LogP contribution >= 0.6 is 0 Å². The minimum atomic E-state index is 0.383. The van der Waals surface area contributed by atoms with Crippen molar-refractivity contribution in [3.8, 4) is 0 Å². The van der Waals surface area contributed by atoms with Crippen LogP contribution in [-0.4, -0.2) is 13.1 Å². The average Bonchev–Trinajstić information content (AvgIpc) is 2.29. The molecule has 1 aliphatic rings. The van der Waals surface area contributed by atoms with Gasteiger partial charge < -0.3 is 5.32 Å². The molecule has 2 rings (SSSR count). The van der Waals surface area contributed by atoms with Gasteiger partial charge in [0.2, 0.25) is 0 Å². The zero-order valence-corrected chi connectivity index (χ0v) is 11.7. The van der Waals surface area contributed by atoms with E-state index in [0.717, 1.165) is 0 Å². The van der Waals surface area contributed by atoms with Crippen LogP contribution in [0.3, 0.4) is 0 Å². The number of rotatable bonds is 3. The van der Waals surface area contributed by atoms with Crippen molar-refractivity contribution >= 4 is 0 Å². The van der Waals surface area contributed by atoms with Crippen LogP contribution in [0.15, 0.2) is 24.3 Å². The van der Waals surface area contributed by atoms with Gasteiger partial charge in [-0.1, -0.05) is 52.0 Å². The van der Waals surface area contributed by atoms with Gasteiger partial charge >= 0.3 is 0 Å². The van der Waals surface area contributed by atoms with E-state index in [1.807, 2.05) is 0 Å². The second kappa shape index (κ2) is 4.45. The Labute approximate surface area is 106 Å². The maximum atomic E-state index is 3.42. The van der Waals surface area contributed by atoms with Gasteiger partial charge in [0.05, 0.1) is 0 Å². The van der Waals surface area contributed by atoms with Gasteiger partial charge in [-0.3, -0.25) is 0 Å². The summed E-state index contributed by atoms with van der Waals surface area (Å²) in [5.74, 6) is 1.34.